The lowest BCUT2D eigenvalue weighted by molar-refractivity contribution is 0.326. The molecule has 3 heteroatoms. The van der Waals surface area contributed by atoms with E-state index in [1.165, 1.54) is 43.7 Å². The molecule has 1 aromatic carbocycles. The third-order valence-corrected chi connectivity index (χ3v) is 4.04. The van der Waals surface area contributed by atoms with E-state index in [1.807, 2.05) is 0 Å². The van der Waals surface area contributed by atoms with Crippen molar-refractivity contribution in [3.8, 4) is 0 Å². The molecule has 0 radical (unpaired) electrons. The smallest absolute Gasteiger partial charge is 0.0400 e. The molecule has 0 amide bonds. The summed E-state index contributed by atoms with van der Waals surface area (Å²) in [6.45, 7) is 2.50. The van der Waals surface area contributed by atoms with Crippen molar-refractivity contribution < 1.29 is 0 Å². The fraction of sp³-hybridized carbons (Fsp3) is 0.600. The van der Waals surface area contributed by atoms with Gasteiger partial charge in [0, 0.05) is 50.6 Å². The average Bonchev–Trinajstić information content (AvgIpc) is 3.11. The van der Waals surface area contributed by atoms with Gasteiger partial charge in [-0.2, -0.15) is 0 Å². The van der Waals surface area contributed by atoms with E-state index in [0.717, 1.165) is 6.04 Å². The monoisotopic (exact) mass is 245 g/mol. The summed E-state index contributed by atoms with van der Waals surface area (Å²) in [5, 5.41) is 3.66. The molecule has 18 heavy (non-hydrogen) atoms. The lowest BCUT2D eigenvalue weighted by atomic mass is 10.2. The van der Waals surface area contributed by atoms with Gasteiger partial charge in [0.1, 0.15) is 0 Å². The lowest BCUT2D eigenvalue weighted by Crippen LogP contribution is -2.27. The number of benzene rings is 1. The molecule has 1 saturated heterocycles. The van der Waals surface area contributed by atoms with Crippen LogP contribution in [0.15, 0.2) is 24.3 Å². The number of likely N-dealkylation sites (tertiary alicyclic amines) is 1. The number of nitrogens with one attached hydrogen (secondary N) is 1. The van der Waals surface area contributed by atoms with Crippen molar-refractivity contribution in [2.24, 2.45) is 0 Å². The third-order valence-electron chi connectivity index (χ3n) is 4.04. The molecule has 1 aliphatic carbocycles. The van der Waals surface area contributed by atoms with Crippen LogP contribution in [0.4, 0.5) is 11.4 Å². The van der Waals surface area contributed by atoms with Crippen molar-refractivity contribution >= 4 is 11.4 Å². The Hall–Kier alpha value is -1.22. The number of rotatable bonds is 4. The number of anilines is 2. The van der Waals surface area contributed by atoms with E-state index in [-0.39, 0.29) is 0 Å². The molecule has 1 heterocycles. The Labute approximate surface area is 110 Å². The maximum atomic E-state index is 3.66. The summed E-state index contributed by atoms with van der Waals surface area (Å²) in [5.74, 6) is 0. The zero-order chi connectivity index (χ0) is 12.5. The van der Waals surface area contributed by atoms with Crippen LogP contribution in [0.1, 0.15) is 19.3 Å². The van der Waals surface area contributed by atoms with Gasteiger partial charge in [0.05, 0.1) is 0 Å². The minimum Gasteiger partial charge on any atom is -0.381 e. The van der Waals surface area contributed by atoms with Crippen molar-refractivity contribution in [3.05, 3.63) is 24.3 Å². The molecule has 1 saturated carbocycles. The summed E-state index contributed by atoms with van der Waals surface area (Å²) in [7, 11) is 4.15. The zero-order valence-corrected chi connectivity index (χ0v) is 11.4. The molecule has 2 aliphatic rings. The minimum atomic E-state index is 0.635. The molecule has 1 unspecified atom stereocenters. The van der Waals surface area contributed by atoms with Crippen molar-refractivity contribution in [2.45, 2.75) is 31.3 Å². The minimum absolute atomic E-state index is 0.635. The van der Waals surface area contributed by atoms with Gasteiger partial charge in [0.2, 0.25) is 0 Å². The van der Waals surface area contributed by atoms with Crippen LogP contribution in [0.3, 0.4) is 0 Å². The molecule has 1 atom stereocenters. The SMILES string of the molecule is CN(C)c1ccc(NC2CCN(C3CC3)C2)cc1. The summed E-state index contributed by atoms with van der Waals surface area (Å²) >= 11 is 0. The highest BCUT2D eigenvalue weighted by atomic mass is 15.2. The topological polar surface area (TPSA) is 18.5 Å². The van der Waals surface area contributed by atoms with Gasteiger partial charge in [-0.15, -0.1) is 0 Å². The second-order valence-electron chi connectivity index (χ2n) is 5.80. The van der Waals surface area contributed by atoms with E-state index in [1.54, 1.807) is 0 Å². The van der Waals surface area contributed by atoms with Crippen LogP contribution in [0.25, 0.3) is 0 Å². The average molecular weight is 245 g/mol. The van der Waals surface area contributed by atoms with Crippen molar-refractivity contribution in [3.63, 3.8) is 0 Å². The fourth-order valence-electron chi connectivity index (χ4n) is 2.77. The van der Waals surface area contributed by atoms with Crippen LogP contribution < -0.4 is 10.2 Å². The Morgan fingerprint density at radius 3 is 2.44 bits per heavy atom. The van der Waals surface area contributed by atoms with Gasteiger partial charge in [-0.05, 0) is 43.5 Å². The van der Waals surface area contributed by atoms with E-state index in [0.29, 0.717) is 6.04 Å². The van der Waals surface area contributed by atoms with Gasteiger partial charge in [-0.25, -0.2) is 0 Å². The quantitative estimate of drug-likeness (QED) is 0.879. The summed E-state index contributed by atoms with van der Waals surface area (Å²) in [5.41, 5.74) is 2.51. The first kappa shape index (κ1) is 11.8. The maximum absolute atomic E-state index is 3.66. The molecule has 3 rings (SSSR count). The van der Waals surface area contributed by atoms with Crippen LogP contribution in [-0.4, -0.2) is 44.2 Å². The normalized spacial score (nSPS) is 24.2. The molecule has 0 spiro atoms. The zero-order valence-electron chi connectivity index (χ0n) is 11.4. The Morgan fingerprint density at radius 1 is 1.11 bits per heavy atom. The summed E-state index contributed by atoms with van der Waals surface area (Å²) < 4.78 is 0. The number of hydrogen-bond acceptors (Lipinski definition) is 3. The van der Waals surface area contributed by atoms with Crippen molar-refractivity contribution in [2.75, 3.05) is 37.4 Å². The van der Waals surface area contributed by atoms with Gasteiger partial charge in [-0.1, -0.05) is 0 Å². The Balaban J connectivity index is 1.56. The summed E-state index contributed by atoms with van der Waals surface area (Å²) in [4.78, 5) is 4.78. The molecule has 98 valence electrons. The highest BCUT2D eigenvalue weighted by Gasteiger charge is 2.34. The van der Waals surface area contributed by atoms with Gasteiger partial charge in [0.25, 0.3) is 0 Å². The van der Waals surface area contributed by atoms with Crippen LogP contribution in [0.2, 0.25) is 0 Å². The first-order valence-corrected chi connectivity index (χ1v) is 7.00. The summed E-state index contributed by atoms with van der Waals surface area (Å²) in [6.07, 6.45) is 4.13. The number of nitrogens with zero attached hydrogens (tertiary/aromatic N) is 2. The molecule has 1 aliphatic heterocycles. The first-order chi connectivity index (χ1) is 8.72. The molecular formula is C15H23N3. The molecule has 0 aromatic heterocycles. The largest absolute Gasteiger partial charge is 0.381 e. The van der Waals surface area contributed by atoms with Crippen LogP contribution in [-0.2, 0) is 0 Å². The molecule has 1 aromatic rings. The predicted octanol–water partition coefficient (Wildman–Crippen LogP) is 2.40. The number of hydrogen-bond donors (Lipinski definition) is 1. The van der Waals surface area contributed by atoms with E-state index in [9.17, 15) is 0 Å². The molecule has 2 fully saturated rings. The van der Waals surface area contributed by atoms with Crippen molar-refractivity contribution in [1.82, 2.24) is 4.90 Å². The van der Waals surface area contributed by atoms with E-state index in [4.69, 9.17) is 0 Å². The van der Waals surface area contributed by atoms with E-state index >= 15 is 0 Å². The van der Waals surface area contributed by atoms with Crippen molar-refractivity contribution in [1.29, 1.82) is 0 Å². The van der Waals surface area contributed by atoms with Gasteiger partial charge in [0.15, 0.2) is 0 Å². The van der Waals surface area contributed by atoms with Crippen LogP contribution in [0.5, 0.6) is 0 Å². The van der Waals surface area contributed by atoms with E-state index < -0.39 is 0 Å². The second kappa shape index (κ2) is 4.81. The summed E-state index contributed by atoms with van der Waals surface area (Å²) in [6, 6.07) is 10.3. The van der Waals surface area contributed by atoms with Crippen LogP contribution >= 0.6 is 0 Å². The Kier molecular flexibility index (Phi) is 3.16. The van der Waals surface area contributed by atoms with Gasteiger partial charge >= 0.3 is 0 Å². The highest BCUT2D eigenvalue weighted by Crippen LogP contribution is 2.30. The first-order valence-electron chi connectivity index (χ1n) is 7.00. The Bertz CT molecular complexity index is 395. The fourth-order valence-corrected chi connectivity index (χ4v) is 2.77. The molecule has 3 nitrogen and oxygen atoms in total. The van der Waals surface area contributed by atoms with E-state index in [2.05, 4.69) is 53.5 Å². The standard InChI is InChI=1S/C15H23N3/c1-17(2)14-5-3-12(4-6-14)16-13-9-10-18(11-13)15-7-8-15/h3-6,13,15-16H,7-11H2,1-2H3. The predicted molar refractivity (Wildman–Crippen MR) is 77.4 cm³/mol. The van der Waals surface area contributed by atoms with Gasteiger partial charge < -0.3 is 10.2 Å². The maximum Gasteiger partial charge on any atom is 0.0400 e. The lowest BCUT2D eigenvalue weighted by Gasteiger charge is -2.18. The third kappa shape index (κ3) is 2.61. The highest BCUT2D eigenvalue weighted by molar-refractivity contribution is 5.54. The molecular weight excluding hydrogens is 222 g/mol. The van der Waals surface area contributed by atoms with Crippen LogP contribution in [0, 0.1) is 0 Å². The molecule has 1 N–H and O–H groups in total. The second-order valence-corrected chi connectivity index (χ2v) is 5.80. The van der Waals surface area contributed by atoms with Gasteiger partial charge in [-0.3, -0.25) is 4.90 Å². The molecule has 0 bridgehead atoms. The Morgan fingerprint density at radius 2 is 1.83 bits per heavy atom.